The van der Waals surface area contributed by atoms with Gasteiger partial charge in [0.15, 0.2) is 7.14 Å². The van der Waals surface area contributed by atoms with Crippen molar-refractivity contribution in [1.29, 1.82) is 0 Å². The molecule has 0 saturated carbocycles. The van der Waals surface area contributed by atoms with Crippen LogP contribution in [0.25, 0.3) is 0 Å². The van der Waals surface area contributed by atoms with Gasteiger partial charge in [-0.05, 0) is 199 Å². The summed E-state index contributed by atoms with van der Waals surface area (Å²) in [4.78, 5) is 0. The smallest absolute Gasteiger partial charge is 0.171 e. The summed E-state index contributed by atoms with van der Waals surface area (Å²) >= 11 is 0. The first-order valence-electron chi connectivity index (χ1n) is 43.9. The topological polar surface area (TPSA) is 146 Å². The summed E-state index contributed by atoms with van der Waals surface area (Å²) in [6.45, 7) is 3.83. The average Bonchev–Trinajstić information content (AvgIpc) is 0.762. The number of benzene rings is 17. The van der Waals surface area contributed by atoms with E-state index in [0.29, 0.717) is 149 Å². The number of ether oxygens (including phenoxy) is 14. The Morgan fingerprint density at radius 1 is 0.121 bits per heavy atom. The molecule has 0 aromatic heterocycles. The van der Waals surface area contributed by atoms with Crippen LogP contribution in [0.4, 0.5) is 0 Å². The van der Waals surface area contributed by atoms with Crippen LogP contribution in [0.15, 0.2) is 431 Å². The Hall–Kier alpha value is -15.8. The van der Waals surface area contributed by atoms with Gasteiger partial charge in [-0.1, -0.05) is 273 Å². The third-order valence-electron chi connectivity index (χ3n) is 21.6. The van der Waals surface area contributed by atoms with Crippen LogP contribution in [0.1, 0.15) is 77.9 Å². The highest BCUT2D eigenvalue weighted by molar-refractivity contribution is 7.85. The zero-order valence-electron chi connectivity index (χ0n) is 73.0. The monoisotopic (exact) mass is 1760 g/mol. The first-order chi connectivity index (χ1) is 65.1. The quantitative estimate of drug-likeness (QED) is 0.0333. The van der Waals surface area contributed by atoms with E-state index >= 15 is 4.57 Å². The zero-order chi connectivity index (χ0) is 89.4. The van der Waals surface area contributed by atoms with Crippen molar-refractivity contribution in [2.45, 2.75) is 92.5 Å². The average molecular weight is 1760 g/mol. The Kier molecular flexibility index (Phi) is 30.2. The van der Waals surface area contributed by atoms with Crippen LogP contribution in [0, 0.1) is 0 Å². The molecule has 0 aliphatic heterocycles. The Morgan fingerprint density at radius 2 is 0.242 bits per heavy atom. The normalized spacial score (nSPS) is 11.0. The van der Waals surface area contributed by atoms with E-state index < -0.39 is 7.14 Å². The van der Waals surface area contributed by atoms with Crippen molar-refractivity contribution in [2.75, 3.05) is 0 Å². The molecule has 17 aromatic carbocycles. The van der Waals surface area contributed by atoms with Gasteiger partial charge in [-0.15, -0.1) is 0 Å². The minimum atomic E-state index is -3.54. The minimum absolute atomic E-state index is 0.121. The molecule has 132 heavy (non-hydrogen) atoms. The largest absolute Gasteiger partial charge is 0.489 e. The molecule has 0 fully saturated rings. The van der Waals surface area contributed by atoms with Gasteiger partial charge in [-0.3, -0.25) is 0 Å². The molecular formula is C116H99O15P. The van der Waals surface area contributed by atoms with E-state index in [1.807, 2.05) is 431 Å². The second kappa shape index (κ2) is 45.2. The van der Waals surface area contributed by atoms with Crippen molar-refractivity contribution in [2.24, 2.45) is 0 Å². The summed E-state index contributed by atoms with van der Waals surface area (Å²) < 4.78 is 108. The van der Waals surface area contributed by atoms with Gasteiger partial charge < -0.3 is 70.9 Å². The molecule has 658 valence electrons. The maximum atomic E-state index is 16.3. The van der Waals surface area contributed by atoms with Crippen LogP contribution < -0.4 is 82.2 Å². The lowest BCUT2D eigenvalue weighted by atomic mass is 10.2. The predicted molar refractivity (Wildman–Crippen MR) is 517 cm³/mol. The van der Waals surface area contributed by atoms with Crippen molar-refractivity contribution in [1.82, 2.24) is 0 Å². The molecule has 0 amide bonds. The van der Waals surface area contributed by atoms with Crippen LogP contribution in [0.5, 0.6) is 80.5 Å². The lowest BCUT2D eigenvalue weighted by Gasteiger charge is -2.21. The fourth-order valence-electron chi connectivity index (χ4n) is 14.8. The molecule has 0 N–H and O–H groups in total. The van der Waals surface area contributed by atoms with Gasteiger partial charge >= 0.3 is 0 Å². The van der Waals surface area contributed by atoms with Crippen LogP contribution in [0.3, 0.4) is 0 Å². The van der Waals surface area contributed by atoms with Crippen LogP contribution in [0.2, 0.25) is 0 Å². The van der Waals surface area contributed by atoms with E-state index in [0.717, 1.165) is 77.9 Å². The molecule has 16 heteroatoms. The Balaban J connectivity index is 0.618. The van der Waals surface area contributed by atoms with Crippen molar-refractivity contribution >= 4 is 23.1 Å². The van der Waals surface area contributed by atoms with Gasteiger partial charge in [0.05, 0.1) is 0 Å². The van der Waals surface area contributed by atoms with Gasteiger partial charge in [0.1, 0.15) is 173 Å². The lowest BCUT2D eigenvalue weighted by molar-refractivity contribution is 0.273. The Morgan fingerprint density at radius 3 is 0.394 bits per heavy atom. The van der Waals surface area contributed by atoms with Crippen LogP contribution in [-0.4, -0.2) is 0 Å². The van der Waals surface area contributed by atoms with Crippen molar-refractivity contribution < 1.29 is 70.9 Å². The van der Waals surface area contributed by atoms with E-state index in [2.05, 4.69) is 0 Å². The number of hydrogen-bond donors (Lipinski definition) is 0. The number of hydrogen-bond acceptors (Lipinski definition) is 15. The molecule has 0 aliphatic carbocycles. The Bertz CT molecular complexity index is 5590. The van der Waals surface area contributed by atoms with Gasteiger partial charge in [-0.25, -0.2) is 0 Å². The highest BCUT2D eigenvalue weighted by atomic mass is 31.2. The van der Waals surface area contributed by atoms with E-state index in [9.17, 15) is 0 Å². The van der Waals surface area contributed by atoms with Crippen molar-refractivity contribution in [3.8, 4) is 80.5 Å². The van der Waals surface area contributed by atoms with Gasteiger partial charge in [0.25, 0.3) is 0 Å². The second-order valence-corrected chi connectivity index (χ2v) is 34.5. The molecule has 17 aromatic rings. The van der Waals surface area contributed by atoms with E-state index in [4.69, 9.17) is 66.3 Å². The maximum Gasteiger partial charge on any atom is 0.171 e. The molecule has 0 radical (unpaired) electrons. The molecule has 0 atom stereocenters. The molecule has 0 saturated heterocycles. The molecule has 0 aliphatic rings. The molecule has 15 nitrogen and oxygen atoms in total. The first-order valence-corrected chi connectivity index (χ1v) is 45.6. The highest BCUT2D eigenvalue weighted by Gasteiger charge is 2.30. The molecular weight excluding hydrogens is 1660 g/mol. The number of rotatable bonds is 45. The van der Waals surface area contributed by atoms with Gasteiger partial charge in [-0.2, -0.15) is 0 Å². The fraction of sp³-hybridized carbons (Fsp3) is 0.121. The molecule has 0 unspecified atom stereocenters. The summed E-state index contributed by atoms with van der Waals surface area (Å²) in [7, 11) is -3.54. The van der Waals surface area contributed by atoms with Crippen LogP contribution in [-0.2, 0) is 97.1 Å². The zero-order valence-corrected chi connectivity index (χ0v) is 73.9. The summed E-state index contributed by atoms with van der Waals surface area (Å²) in [5, 5.41) is 1.89. The molecule has 0 spiro atoms. The summed E-state index contributed by atoms with van der Waals surface area (Å²) in [5.41, 5.74) is 13.1. The summed E-state index contributed by atoms with van der Waals surface area (Å²) in [6, 6.07) is 140. The standard InChI is InChI=1S/C116H99O15P/c117-132(114-44-26-9-27-45-114,115-50-46-100(47-51-115)118-80-94-54-110(128-82-96-58-102(120-72-86-28-10-1-11-29-86)66-103(59-96)121-73-87-30-12-2-13-31-87)70-111(55-94)129-83-97-60-104(122-74-88-32-14-3-15-33-88)67-105(61-97)123-75-89-34-16-4-17-35-89)116-52-48-101(49-53-116)119-81-95-56-112(130-84-98-62-106(124-76-90-36-18-5-19-37-90)68-107(63-98)125-77-91-38-20-6-21-39-91)71-113(57-95)131-85-99-64-108(126-78-92-40-22-7-23-41-92)69-109(65-99)127-79-93-42-24-8-25-43-93/h1-71H,72-85H2. The van der Waals surface area contributed by atoms with E-state index in [1.165, 1.54) is 0 Å². The predicted octanol–water partition coefficient (Wildman–Crippen LogP) is 25.4. The Labute approximate surface area is 770 Å². The van der Waals surface area contributed by atoms with Crippen LogP contribution >= 0.6 is 7.14 Å². The van der Waals surface area contributed by atoms with E-state index in [1.54, 1.807) is 0 Å². The third kappa shape index (κ3) is 26.2. The van der Waals surface area contributed by atoms with Crippen molar-refractivity contribution in [3.05, 3.63) is 509 Å². The summed E-state index contributed by atoms with van der Waals surface area (Å²) in [5.74, 6) is 8.35. The molecule has 0 bridgehead atoms. The highest BCUT2D eigenvalue weighted by Crippen LogP contribution is 2.44. The third-order valence-corrected chi connectivity index (χ3v) is 24.7. The minimum Gasteiger partial charge on any atom is -0.489 e. The lowest BCUT2D eigenvalue weighted by Crippen LogP contribution is -2.25. The fourth-order valence-corrected chi connectivity index (χ4v) is 17.4. The second-order valence-electron chi connectivity index (χ2n) is 31.7. The van der Waals surface area contributed by atoms with Crippen molar-refractivity contribution in [3.63, 3.8) is 0 Å². The molecule has 17 rings (SSSR count). The van der Waals surface area contributed by atoms with Gasteiger partial charge in [0.2, 0.25) is 0 Å². The van der Waals surface area contributed by atoms with Gasteiger partial charge in [0, 0.05) is 52.3 Å². The maximum absolute atomic E-state index is 16.3. The van der Waals surface area contributed by atoms with E-state index in [-0.39, 0.29) is 39.6 Å². The molecule has 0 heterocycles. The first kappa shape index (κ1) is 88.2. The SMILES string of the molecule is O=P(c1ccccc1)(c1ccc(OCc2cc(OCc3cc(OCc4ccccc4)cc(OCc4ccccc4)c3)cc(OCc3cc(OCc4ccccc4)cc(OCc4ccccc4)c3)c2)cc1)c1ccc(OCc2cc(OCc3cc(OCc4ccccc4)cc(OCc4ccccc4)c3)cc(OCc3cc(OCc4ccccc4)cc(OCc4ccccc4)c3)c2)cc1. The summed E-state index contributed by atoms with van der Waals surface area (Å²) in [6.07, 6.45) is 0.